The van der Waals surface area contributed by atoms with E-state index in [1.54, 1.807) is 0 Å². The van der Waals surface area contributed by atoms with Gasteiger partial charge in [0.25, 0.3) is 0 Å². The van der Waals surface area contributed by atoms with Gasteiger partial charge in [-0.3, -0.25) is 4.57 Å². The van der Waals surface area contributed by atoms with E-state index in [9.17, 15) is 0 Å². The Hall–Kier alpha value is -1.10. The van der Waals surface area contributed by atoms with Crippen molar-refractivity contribution in [3.8, 4) is 6.01 Å². The molecule has 1 atom stereocenters. The van der Waals surface area contributed by atoms with E-state index in [1.165, 1.54) is 0 Å². The van der Waals surface area contributed by atoms with E-state index in [1.807, 2.05) is 32.4 Å². The molecule has 14 heavy (non-hydrogen) atoms. The molecule has 1 aromatic rings. The minimum absolute atomic E-state index is 0.0878. The Bertz CT molecular complexity index is 266. The fraction of sp³-hybridized carbons (Fsp3) is 0.778. The highest BCUT2D eigenvalue weighted by atomic mass is 16.5. The lowest BCUT2D eigenvalue weighted by molar-refractivity contribution is 0.214. The Labute approximate surface area is 84.3 Å². The smallest absolute Gasteiger partial charge is 0.316 e. The lowest BCUT2D eigenvalue weighted by Gasteiger charge is -2.09. The molecule has 5 nitrogen and oxygen atoms in total. The molecule has 0 aliphatic carbocycles. The van der Waals surface area contributed by atoms with Crippen molar-refractivity contribution in [2.75, 3.05) is 0 Å². The third kappa shape index (κ3) is 2.70. The SMILES string of the molecule is CC(N)Cc1nnc(OC(C)C)n1C. The van der Waals surface area contributed by atoms with Crippen LogP contribution in [-0.4, -0.2) is 26.9 Å². The molecule has 0 aliphatic rings. The molecular formula is C9H18N4O. The Morgan fingerprint density at radius 2 is 2.00 bits per heavy atom. The summed E-state index contributed by atoms with van der Waals surface area (Å²) in [6.45, 7) is 5.86. The summed E-state index contributed by atoms with van der Waals surface area (Å²) in [6, 6.07) is 0.639. The van der Waals surface area contributed by atoms with Gasteiger partial charge >= 0.3 is 6.01 Å². The van der Waals surface area contributed by atoms with Crippen molar-refractivity contribution in [2.45, 2.75) is 39.3 Å². The van der Waals surface area contributed by atoms with Gasteiger partial charge in [-0.15, -0.1) is 5.10 Å². The number of ether oxygens (including phenoxy) is 1. The van der Waals surface area contributed by atoms with Gasteiger partial charge in [-0.1, -0.05) is 5.10 Å². The van der Waals surface area contributed by atoms with Gasteiger partial charge in [-0.2, -0.15) is 0 Å². The standard InChI is InChI=1S/C9H18N4O/c1-6(2)14-9-12-11-8(13(9)4)5-7(3)10/h6-7H,5,10H2,1-4H3. The highest BCUT2D eigenvalue weighted by Crippen LogP contribution is 2.10. The van der Waals surface area contributed by atoms with Crippen LogP contribution in [0.25, 0.3) is 0 Å². The van der Waals surface area contributed by atoms with Crippen molar-refractivity contribution in [1.82, 2.24) is 14.8 Å². The van der Waals surface area contributed by atoms with Crippen LogP contribution in [0.5, 0.6) is 6.01 Å². The molecule has 0 saturated carbocycles. The lowest BCUT2D eigenvalue weighted by atomic mass is 10.2. The second-order valence-corrected chi connectivity index (χ2v) is 3.81. The van der Waals surface area contributed by atoms with Crippen LogP contribution in [0.4, 0.5) is 0 Å². The van der Waals surface area contributed by atoms with E-state index in [-0.39, 0.29) is 12.1 Å². The molecular weight excluding hydrogens is 180 g/mol. The maximum Gasteiger partial charge on any atom is 0.316 e. The zero-order valence-electron chi connectivity index (χ0n) is 9.19. The fourth-order valence-corrected chi connectivity index (χ4v) is 1.12. The number of hydrogen-bond donors (Lipinski definition) is 1. The molecule has 0 amide bonds. The first-order valence-corrected chi connectivity index (χ1v) is 4.81. The molecule has 0 radical (unpaired) electrons. The van der Waals surface area contributed by atoms with Crippen LogP contribution in [0.3, 0.4) is 0 Å². The first kappa shape index (κ1) is 11.0. The van der Waals surface area contributed by atoms with Crippen LogP contribution >= 0.6 is 0 Å². The molecule has 1 heterocycles. The Morgan fingerprint density at radius 1 is 1.36 bits per heavy atom. The van der Waals surface area contributed by atoms with E-state index in [0.717, 1.165) is 5.82 Å². The molecule has 1 unspecified atom stereocenters. The number of hydrogen-bond acceptors (Lipinski definition) is 4. The number of nitrogens with zero attached hydrogens (tertiary/aromatic N) is 3. The van der Waals surface area contributed by atoms with Gasteiger partial charge in [0.05, 0.1) is 6.10 Å². The predicted octanol–water partition coefficient (Wildman–Crippen LogP) is 0.492. The molecule has 1 rings (SSSR count). The summed E-state index contributed by atoms with van der Waals surface area (Å²) in [5.41, 5.74) is 5.68. The molecule has 0 fully saturated rings. The van der Waals surface area contributed by atoms with Crippen LogP contribution in [0.15, 0.2) is 0 Å². The van der Waals surface area contributed by atoms with Gasteiger partial charge in [-0.25, -0.2) is 0 Å². The quantitative estimate of drug-likeness (QED) is 0.764. The first-order chi connectivity index (χ1) is 6.50. The molecule has 0 spiro atoms. The molecule has 0 saturated heterocycles. The Morgan fingerprint density at radius 3 is 2.50 bits per heavy atom. The van der Waals surface area contributed by atoms with E-state index in [4.69, 9.17) is 10.5 Å². The normalized spacial score (nSPS) is 13.3. The topological polar surface area (TPSA) is 66.0 Å². The Kier molecular flexibility index (Phi) is 3.46. The molecule has 0 aliphatic heterocycles. The van der Waals surface area contributed by atoms with Crippen molar-refractivity contribution < 1.29 is 4.74 Å². The highest BCUT2D eigenvalue weighted by Gasteiger charge is 2.11. The van der Waals surface area contributed by atoms with E-state index < -0.39 is 0 Å². The third-order valence-electron chi connectivity index (χ3n) is 1.77. The second-order valence-electron chi connectivity index (χ2n) is 3.81. The number of nitrogens with two attached hydrogens (primary N) is 1. The molecule has 0 bridgehead atoms. The molecule has 1 aromatic heterocycles. The zero-order valence-corrected chi connectivity index (χ0v) is 9.19. The molecule has 0 aromatic carbocycles. The van der Waals surface area contributed by atoms with Crippen LogP contribution in [-0.2, 0) is 13.5 Å². The third-order valence-corrected chi connectivity index (χ3v) is 1.77. The minimum atomic E-state index is 0.0878. The van der Waals surface area contributed by atoms with Gasteiger partial charge in [0.2, 0.25) is 0 Å². The number of aromatic nitrogens is 3. The van der Waals surface area contributed by atoms with Crippen molar-refractivity contribution in [1.29, 1.82) is 0 Å². The van der Waals surface area contributed by atoms with E-state index >= 15 is 0 Å². The first-order valence-electron chi connectivity index (χ1n) is 4.81. The summed E-state index contributed by atoms with van der Waals surface area (Å²) < 4.78 is 7.29. The van der Waals surface area contributed by atoms with Gasteiger partial charge in [0.15, 0.2) is 0 Å². The van der Waals surface area contributed by atoms with Crippen molar-refractivity contribution in [3.63, 3.8) is 0 Å². The zero-order chi connectivity index (χ0) is 10.7. The summed E-state index contributed by atoms with van der Waals surface area (Å²) >= 11 is 0. The highest BCUT2D eigenvalue weighted by molar-refractivity contribution is 5.01. The monoisotopic (exact) mass is 198 g/mol. The summed E-state index contributed by atoms with van der Waals surface area (Å²) in [7, 11) is 1.88. The second kappa shape index (κ2) is 4.41. The molecule has 2 N–H and O–H groups in total. The van der Waals surface area contributed by atoms with Crippen molar-refractivity contribution in [2.24, 2.45) is 12.8 Å². The van der Waals surface area contributed by atoms with Crippen LogP contribution in [0.2, 0.25) is 0 Å². The average Bonchev–Trinajstić information content (AvgIpc) is 2.34. The lowest BCUT2D eigenvalue weighted by Crippen LogP contribution is -2.20. The minimum Gasteiger partial charge on any atom is -0.461 e. The average molecular weight is 198 g/mol. The van der Waals surface area contributed by atoms with Crippen molar-refractivity contribution >= 4 is 0 Å². The number of rotatable bonds is 4. The summed E-state index contributed by atoms with van der Waals surface area (Å²) in [5.74, 6) is 0.857. The Balaban J connectivity index is 2.75. The van der Waals surface area contributed by atoms with Crippen molar-refractivity contribution in [3.05, 3.63) is 5.82 Å². The van der Waals surface area contributed by atoms with Gasteiger partial charge in [0.1, 0.15) is 5.82 Å². The fourth-order valence-electron chi connectivity index (χ4n) is 1.12. The van der Waals surface area contributed by atoms with Gasteiger partial charge in [-0.05, 0) is 20.8 Å². The summed E-state index contributed by atoms with van der Waals surface area (Å²) in [4.78, 5) is 0. The maximum absolute atomic E-state index is 5.68. The van der Waals surface area contributed by atoms with Crippen LogP contribution in [0, 0.1) is 0 Å². The predicted molar refractivity (Wildman–Crippen MR) is 54.1 cm³/mol. The van der Waals surface area contributed by atoms with E-state index in [0.29, 0.717) is 12.4 Å². The van der Waals surface area contributed by atoms with E-state index in [2.05, 4.69) is 10.2 Å². The molecule has 5 heteroatoms. The van der Waals surface area contributed by atoms with Crippen LogP contribution in [0.1, 0.15) is 26.6 Å². The van der Waals surface area contributed by atoms with Gasteiger partial charge < -0.3 is 10.5 Å². The largest absolute Gasteiger partial charge is 0.461 e. The van der Waals surface area contributed by atoms with Crippen LogP contribution < -0.4 is 10.5 Å². The van der Waals surface area contributed by atoms with Gasteiger partial charge in [0, 0.05) is 19.5 Å². The maximum atomic E-state index is 5.68. The summed E-state index contributed by atoms with van der Waals surface area (Å²) in [6.07, 6.45) is 0.825. The molecule has 80 valence electrons. The summed E-state index contributed by atoms with van der Waals surface area (Å²) in [5, 5.41) is 7.96.